The smallest absolute Gasteiger partial charge is 0.323 e. The second kappa shape index (κ2) is 10.2. The third-order valence-corrected chi connectivity index (χ3v) is 5.52. The van der Waals surface area contributed by atoms with Crippen molar-refractivity contribution in [2.75, 3.05) is 17.7 Å². The number of benzene rings is 2. The molecule has 0 saturated carbocycles. The van der Waals surface area contributed by atoms with Crippen molar-refractivity contribution in [2.24, 2.45) is 0 Å². The molecule has 0 radical (unpaired) electrons. The van der Waals surface area contributed by atoms with E-state index in [0.29, 0.717) is 12.2 Å². The zero-order chi connectivity index (χ0) is 23.2. The topological polar surface area (TPSA) is 81.1 Å². The van der Waals surface area contributed by atoms with Crippen LogP contribution in [0.1, 0.15) is 36.8 Å². The standard InChI is InChI=1S/C26H29N5O2/c1-4-5-11-24-29-23-16-22(30-26(32)28-20-9-7-6-8-10-20)18(2)27-25(23)31(24)17-19-12-14-21(33-3)15-13-19/h6-10,12-16H,4-5,11,17H2,1-3H3,(H2,28,30,32). The van der Waals surface area contributed by atoms with Gasteiger partial charge < -0.3 is 19.9 Å². The summed E-state index contributed by atoms with van der Waals surface area (Å²) in [5, 5.41) is 5.75. The van der Waals surface area contributed by atoms with Crippen molar-refractivity contribution in [3.63, 3.8) is 0 Å². The minimum atomic E-state index is -0.311. The van der Waals surface area contributed by atoms with Crippen LogP contribution in [-0.2, 0) is 13.0 Å². The first-order valence-electron chi connectivity index (χ1n) is 11.2. The Morgan fingerprint density at radius 3 is 2.48 bits per heavy atom. The van der Waals surface area contributed by atoms with Crippen LogP contribution < -0.4 is 15.4 Å². The Morgan fingerprint density at radius 2 is 1.79 bits per heavy atom. The van der Waals surface area contributed by atoms with Crippen molar-refractivity contribution < 1.29 is 9.53 Å². The van der Waals surface area contributed by atoms with Gasteiger partial charge in [0.25, 0.3) is 0 Å². The fourth-order valence-corrected chi connectivity index (χ4v) is 3.72. The van der Waals surface area contributed by atoms with Gasteiger partial charge in [0.05, 0.1) is 25.0 Å². The number of anilines is 2. The number of carbonyl (C=O) groups excluding carboxylic acids is 1. The van der Waals surface area contributed by atoms with E-state index >= 15 is 0 Å². The Hall–Kier alpha value is -3.87. The molecule has 170 valence electrons. The predicted octanol–water partition coefficient (Wildman–Crippen LogP) is 5.78. The summed E-state index contributed by atoms with van der Waals surface area (Å²) in [6.07, 6.45) is 3.01. The van der Waals surface area contributed by atoms with E-state index < -0.39 is 0 Å². The van der Waals surface area contributed by atoms with Crippen LogP contribution in [0.15, 0.2) is 60.7 Å². The normalized spacial score (nSPS) is 10.9. The molecule has 0 saturated heterocycles. The highest BCUT2D eigenvalue weighted by molar-refractivity contribution is 6.00. The molecule has 0 spiro atoms. The number of fused-ring (bicyclic) bond motifs is 1. The molecule has 2 heterocycles. The third-order valence-electron chi connectivity index (χ3n) is 5.52. The van der Waals surface area contributed by atoms with Crippen molar-refractivity contribution >= 4 is 28.6 Å². The largest absolute Gasteiger partial charge is 0.497 e. The Labute approximate surface area is 193 Å². The van der Waals surface area contributed by atoms with Crippen molar-refractivity contribution in [3.05, 3.63) is 77.7 Å². The monoisotopic (exact) mass is 443 g/mol. The zero-order valence-corrected chi connectivity index (χ0v) is 19.3. The number of urea groups is 1. The average molecular weight is 444 g/mol. The lowest BCUT2D eigenvalue weighted by molar-refractivity contribution is 0.262. The summed E-state index contributed by atoms with van der Waals surface area (Å²) in [6.45, 7) is 4.74. The molecule has 0 aliphatic heterocycles. The maximum absolute atomic E-state index is 12.5. The highest BCUT2D eigenvalue weighted by atomic mass is 16.5. The van der Waals surface area contributed by atoms with Crippen molar-refractivity contribution in [1.29, 1.82) is 0 Å². The molecular formula is C26H29N5O2. The summed E-state index contributed by atoms with van der Waals surface area (Å²) in [5.41, 5.74) is 4.86. The van der Waals surface area contributed by atoms with Crippen molar-refractivity contribution in [1.82, 2.24) is 14.5 Å². The highest BCUT2D eigenvalue weighted by Gasteiger charge is 2.16. The summed E-state index contributed by atoms with van der Waals surface area (Å²) in [5.74, 6) is 1.83. The molecule has 4 rings (SSSR count). The van der Waals surface area contributed by atoms with Gasteiger partial charge in [-0.25, -0.2) is 14.8 Å². The molecule has 2 aromatic carbocycles. The lowest BCUT2D eigenvalue weighted by atomic mass is 10.2. The van der Waals surface area contributed by atoms with Gasteiger partial charge in [0, 0.05) is 12.1 Å². The molecule has 33 heavy (non-hydrogen) atoms. The molecule has 2 amide bonds. The number of aryl methyl sites for hydroxylation is 2. The van der Waals surface area contributed by atoms with Gasteiger partial charge in [-0.3, -0.25) is 0 Å². The van der Waals surface area contributed by atoms with E-state index in [1.807, 2.05) is 55.5 Å². The maximum Gasteiger partial charge on any atom is 0.323 e. The number of hydrogen-bond acceptors (Lipinski definition) is 4. The van der Waals surface area contributed by atoms with Crippen LogP contribution in [0.3, 0.4) is 0 Å². The molecule has 0 unspecified atom stereocenters. The number of nitrogens with one attached hydrogen (secondary N) is 2. The number of amides is 2. The predicted molar refractivity (Wildman–Crippen MR) is 132 cm³/mol. The molecular weight excluding hydrogens is 414 g/mol. The first kappa shape index (κ1) is 22.3. The van der Waals surface area contributed by atoms with Crippen LogP contribution in [0.5, 0.6) is 5.75 Å². The number of rotatable bonds is 8. The maximum atomic E-state index is 12.5. The highest BCUT2D eigenvalue weighted by Crippen LogP contribution is 2.24. The molecule has 0 aliphatic carbocycles. The number of hydrogen-bond donors (Lipinski definition) is 2. The lowest BCUT2D eigenvalue weighted by Gasteiger charge is -2.12. The first-order chi connectivity index (χ1) is 16.1. The minimum absolute atomic E-state index is 0.311. The molecule has 2 aromatic heterocycles. The average Bonchev–Trinajstić information content (AvgIpc) is 3.15. The van der Waals surface area contributed by atoms with Gasteiger partial charge in [0.2, 0.25) is 0 Å². The van der Waals surface area contributed by atoms with E-state index in [1.165, 1.54) is 0 Å². The van der Waals surface area contributed by atoms with Crippen LogP contribution in [-0.4, -0.2) is 27.7 Å². The summed E-state index contributed by atoms with van der Waals surface area (Å²) < 4.78 is 7.45. The van der Waals surface area contributed by atoms with Crippen LogP contribution in [0.4, 0.5) is 16.2 Å². The van der Waals surface area contributed by atoms with E-state index in [4.69, 9.17) is 14.7 Å². The number of methoxy groups -OCH3 is 1. The van der Waals surface area contributed by atoms with Gasteiger partial charge in [-0.1, -0.05) is 43.7 Å². The Kier molecular flexibility index (Phi) is 6.88. The second-order valence-corrected chi connectivity index (χ2v) is 7.98. The molecule has 4 aromatic rings. The number of ether oxygens (including phenoxy) is 1. The lowest BCUT2D eigenvalue weighted by Crippen LogP contribution is -2.20. The second-order valence-electron chi connectivity index (χ2n) is 7.98. The van der Waals surface area contributed by atoms with E-state index in [1.54, 1.807) is 7.11 Å². The van der Waals surface area contributed by atoms with Gasteiger partial charge in [-0.2, -0.15) is 0 Å². The number of pyridine rings is 1. The number of nitrogens with zero attached hydrogens (tertiary/aromatic N) is 3. The molecule has 2 N–H and O–H groups in total. The Morgan fingerprint density at radius 1 is 1.03 bits per heavy atom. The van der Waals surface area contributed by atoms with Gasteiger partial charge in [0.1, 0.15) is 17.1 Å². The molecule has 0 atom stereocenters. The molecule has 7 nitrogen and oxygen atoms in total. The van der Waals surface area contributed by atoms with Gasteiger partial charge >= 0.3 is 6.03 Å². The molecule has 0 fully saturated rings. The number of aromatic nitrogens is 3. The van der Waals surface area contributed by atoms with E-state index in [-0.39, 0.29) is 6.03 Å². The van der Waals surface area contributed by atoms with Crippen molar-refractivity contribution in [3.8, 4) is 5.75 Å². The summed E-state index contributed by atoms with van der Waals surface area (Å²) in [4.78, 5) is 22.2. The van der Waals surface area contributed by atoms with Gasteiger partial charge in [-0.05, 0) is 49.2 Å². The number of para-hydroxylation sites is 1. The Bertz CT molecular complexity index is 1230. The van der Waals surface area contributed by atoms with Gasteiger partial charge in [0.15, 0.2) is 5.65 Å². The molecule has 0 bridgehead atoms. The number of unbranched alkanes of at least 4 members (excludes halogenated alkanes) is 1. The third kappa shape index (κ3) is 5.31. The Balaban J connectivity index is 1.63. The quantitative estimate of drug-likeness (QED) is 0.361. The minimum Gasteiger partial charge on any atom is -0.497 e. The molecule has 7 heteroatoms. The summed E-state index contributed by atoms with van der Waals surface area (Å²) in [6, 6.07) is 19.0. The number of carbonyl (C=O) groups is 1. The summed E-state index contributed by atoms with van der Waals surface area (Å²) in [7, 11) is 1.67. The SMILES string of the molecule is CCCCc1nc2cc(NC(=O)Nc3ccccc3)c(C)nc2n1Cc1ccc(OC)cc1. The fraction of sp³-hybridized carbons (Fsp3) is 0.269. The van der Waals surface area contributed by atoms with Crippen molar-refractivity contribution in [2.45, 2.75) is 39.7 Å². The number of imidazole rings is 1. The van der Waals surface area contributed by atoms with Crippen LogP contribution >= 0.6 is 0 Å². The van der Waals surface area contributed by atoms with E-state index in [2.05, 4.69) is 34.3 Å². The fourth-order valence-electron chi connectivity index (χ4n) is 3.72. The van der Waals surface area contributed by atoms with Crippen LogP contribution in [0.25, 0.3) is 11.2 Å². The van der Waals surface area contributed by atoms with Crippen LogP contribution in [0.2, 0.25) is 0 Å². The van der Waals surface area contributed by atoms with E-state index in [0.717, 1.165) is 58.9 Å². The first-order valence-corrected chi connectivity index (χ1v) is 11.2. The van der Waals surface area contributed by atoms with E-state index in [9.17, 15) is 4.79 Å². The zero-order valence-electron chi connectivity index (χ0n) is 19.3. The summed E-state index contributed by atoms with van der Waals surface area (Å²) >= 11 is 0. The molecule has 0 aliphatic rings. The van der Waals surface area contributed by atoms with Gasteiger partial charge in [-0.15, -0.1) is 0 Å². The van der Waals surface area contributed by atoms with Crippen LogP contribution in [0, 0.1) is 6.92 Å².